The Labute approximate surface area is 265 Å². The molecule has 3 aromatic rings. The Hall–Kier alpha value is -3.79. The van der Waals surface area contributed by atoms with Crippen LogP contribution < -0.4 is 14.2 Å². The van der Waals surface area contributed by atoms with Gasteiger partial charge < -0.3 is 19.1 Å². The van der Waals surface area contributed by atoms with Crippen LogP contribution in [0.4, 0.5) is 13.2 Å². The maximum absolute atomic E-state index is 14.1. The fraction of sp³-hybridized carbons (Fsp3) is 0.452. The summed E-state index contributed by atoms with van der Waals surface area (Å²) >= 11 is 0. The van der Waals surface area contributed by atoms with E-state index in [-0.39, 0.29) is 25.3 Å². The highest BCUT2D eigenvalue weighted by atomic mass is 32.2. The molecule has 2 aromatic heterocycles. The number of nitrogens with one attached hydrogen (secondary N) is 1. The number of benzene rings is 1. The molecule has 0 spiro atoms. The van der Waals surface area contributed by atoms with Crippen molar-refractivity contribution in [3.05, 3.63) is 77.7 Å². The van der Waals surface area contributed by atoms with Crippen molar-refractivity contribution < 1.29 is 40.6 Å². The van der Waals surface area contributed by atoms with E-state index in [0.29, 0.717) is 36.2 Å². The van der Waals surface area contributed by atoms with Crippen molar-refractivity contribution in [1.29, 1.82) is 0 Å². The second-order valence-electron chi connectivity index (χ2n) is 11.3. The first kappa shape index (κ1) is 33.6. The van der Waals surface area contributed by atoms with E-state index in [1.807, 2.05) is 4.72 Å². The zero-order valence-electron chi connectivity index (χ0n) is 25.4. The van der Waals surface area contributed by atoms with Crippen molar-refractivity contribution in [3.63, 3.8) is 0 Å². The first-order valence-electron chi connectivity index (χ1n) is 15.0. The van der Waals surface area contributed by atoms with Crippen LogP contribution in [-0.2, 0) is 21.1 Å². The summed E-state index contributed by atoms with van der Waals surface area (Å²) in [6.07, 6.45) is -0.0462. The minimum absolute atomic E-state index is 0.0899. The summed E-state index contributed by atoms with van der Waals surface area (Å²) in [5, 5.41) is 0. The van der Waals surface area contributed by atoms with E-state index in [9.17, 15) is 26.4 Å². The number of piperidine rings is 2. The molecular formula is C31H36F3N5O6S. The molecule has 46 heavy (non-hydrogen) atoms. The van der Waals surface area contributed by atoms with E-state index in [4.69, 9.17) is 14.2 Å². The average Bonchev–Trinajstić information content (AvgIpc) is 3.03. The Balaban J connectivity index is 1.19. The van der Waals surface area contributed by atoms with Crippen LogP contribution in [0.5, 0.6) is 17.4 Å². The molecule has 15 heteroatoms. The van der Waals surface area contributed by atoms with Gasteiger partial charge in [0.1, 0.15) is 17.6 Å². The van der Waals surface area contributed by atoms with Crippen molar-refractivity contribution >= 4 is 16.1 Å². The molecule has 0 bridgehead atoms. The number of amides is 1. The molecule has 1 aromatic carbocycles. The molecule has 2 aliphatic heterocycles. The maximum atomic E-state index is 14.1. The lowest BCUT2D eigenvalue weighted by Gasteiger charge is -2.35. The molecule has 4 heterocycles. The third-order valence-corrected chi connectivity index (χ3v) is 9.39. The number of hydrogen-bond donors (Lipinski definition) is 1. The lowest BCUT2D eigenvalue weighted by atomic mass is 10.1. The minimum atomic E-state index is -4.90. The molecule has 0 saturated carbocycles. The highest BCUT2D eigenvalue weighted by Gasteiger charge is 2.37. The Morgan fingerprint density at radius 1 is 0.978 bits per heavy atom. The van der Waals surface area contributed by atoms with Gasteiger partial charge in [0.05, 0.1) is 29.7 Å². The van der Waals surface area contributed by atoms with Crippen molar-refractivity contribution in [2.24, 2.45) is 0 Å². The predicted octanol–water partition coefficient (Wildman–Crippen LogP) is 4.98. The standard InChI is InChI=1S/C31H36F3N5O6S/c1-21(27-8-7-25(20-36-27)45-29-5-3-4-14-35-29)43-28-9-6-22(19-26(28)31(32,33)34)30(40)37-46(41,42)39-17-12-24(13-18-39)44-23-10-15-38(2)16-11-23/h3-9,14,19-21,23-24H,10-13,15-18H2,1-2H3,(H,37,40). The van der Waals surface area contributed by atoms with Gasteiger partial charge in [-0.25, -0.2) is 9.71 Å². The van der Waals surface area contributed by atoms with Gasteiger partial charge in [-0.05, 0) is 76.1 Å². The van der Waals surface area contributed by atoms with Crippen molar-refractivity contribution in [3.8, 4) is 17.4 Å². The van der Waals surface area contributed by atoms with Crippen LogP contribution in [0.1, 0.15) is 60.3 Å². The molecule has 1 N–H and O–H groups in total. The van der Waals surface area contributed by atoms with Gasteiger partial charge in [0.25, 0.3) is 5.91 Å². The zero-order chi connectivity index (χ0) is 32.9. The molecule has 2 fully saturated rings. The number of carbonyl (C=O) groups is 1. The van der Waals surface area contributed by atoms with Crippen molar-refractivity contribution in [2.75, 3.05) is 33.2 Å². The van der Waals surface area contributed by atoms with Gasteiger partial charge in [0.15, 0.2) is 0 Å². The summed E-state index contributed by atoms with van der Waals surface area (Å²) in [5.41, 5.74) is -1.38. The van der Waals surface area contributed by atoms with E-state index in [1.54, 1.807) is 36.5 Å². The molecule has 1 unspecified atom stereocenters. The third kappa shape index (κ3) is 8.72. The third-order valence-electron chi connectivity index (χ3n) is 7.90. The van der Waals surface area contributed by atoms with E-state index >= 15 is 0 Å². The van der Waals surface area contributed by atoms with Crippen molar-refractivity contribution in [2.45, 2.75) is 57.1 Å². The summed E-state index contributed by atoms with van der Waals surface area (Å²) in [4.78, 5) is 23.4. The molecule has 11 nitrogen and oxygen atoms in total. The first-order valence-corrected chi connectivity index (χ1v) is 16.4. The predicted molar refractivity (Wildman–Crippen MR) is 162 cm³/mol. The highest BCUT2D eigenvalue weighted by molar-refractivity contribution is 7.87. The van der Waals surface area contributed by atoms with Crippen LogP contribution >= 0.6 is 0 Å². The van der Waals surface area contributed by atoms with Gasteiger partial charge in [-0.2, -0.15) is 25.9 Å². The Morgan fingerprint density at radius 2 is 1.67 bits per heavy atom. The Kier molecular flexibility index (Phi) is 10.5. The van der Waals surface area contributed by atoms with Gasteiger partial charge in [-0.1, -0.05) is 6.07 Å². The molecule has 248 valence electrons. The van der Waals surface area contributed by atoms with Gasteiger partial charge in [-0.15, -0.1) is 0 Å². The topological polar surface area (TPSA) is 123 Å². The van der Waals surface area contributed by atoms with Crippen LogP contribution in [-0.4, -0.2) is 78.9 Å². The molecule has 5 rings (SSSR count). The van der Waals surface area contributed by atoms with Gasteiger partial charge >= 0.3 is 16.4 Å². The molecule has 2 saturated heterocycles. The molecule has 2 aliphatic rings. The number of likely N-dealkylation sites (tertiary alicyclic amines) is 1. The Bertz CT molecular complexity index is 1580. The van der Waals surface area contributed by atoms with Crippen molar-refractivity contribution in [1.82, 2.24) is 23.9 Å². The number of pyridine rings is 2. The van der Waals surface area contributed by atoms with E-state index < -0.39 is 45.3 Å². The summed E-state index contributed by atoms with van der Waals surface area (Å²) in [5.74, 6) is -0.992. The fourth-order valence-electron chi connectivity index (χ4n) is 5.31. The van der Waals surface area contributed by atoms with Gasteiger partial charge in [0, 0.05) is 44.0 Å². The number of ether oxygens (including phenoxy) is 3. The largest absolute Gasteiger partial charge is 0.484 e. The molecular weight excluding hydrogens is 627 g/mol. The van der Waals surface area contributed by atoms with E-state index in [0.717, 1.165) is 42.4 Å². The van der Waals surface area contributed by atoms with E-state index in [1.165, 1.54) is 13.1 Å². The zero-order valence-corrected chi connectivity index (χ0v) is 26.3. The second kappa shape index (κ2) is 14.3. The fourth-order valence-corrected chi connectivity index (χ4v) is 6.48. The lowest BCUT2D eigenvalue weighted by molar-refractivity contribution is -0.139. The number of halogens is 3. The van der Waals surface area contributed by atoms with E-state index in [2.05, 4.69) is 21.9 Å². The minimum Gasteiger partial charge on any atom is -0.484 e. The lowest BCUT2D eigenvalue weighted by Crippen LogP contribution is -2.48. The number of rotatable bonds is 10. The first-order chi connectivity index (χ1) is 21.9. The molecule has 0 aliphatic carbocycles. The second-order valence-corrected chi connectivity index (χ2v) is 13.0. The van der Waals surface area contributed by atoms with Crippen LogP contribution in [0.25, 0.3) is 0 Å². The van der Waals surface area contributed by atoms with Crippen LogP contribution in [0.2, 0.25) is 0 Å². The van der Waals surface area contributed by atoms with Crippen LogP contribution in [0, 0.1) is 0 Å². The molecule has 1 atom stereocenters. The number of aromatic nitrogens is 2. The number of carbonyl (C=O) groups excluding carboxylic acids is 1. The number of alkyl halides is 3. The number of nitrogens with zero attached hydrogens (tertiary/aromatic N) is 4. The Morgan fingerprint density at radius 3 is 2.28 bits per heavy atom. The summed E-state index contributed by atoms with van der Waals surface area (Å²) in [6.45, 7) is 3.67. The normalized spacial score (nSPS) is 18.2. The average molecular weight is 664 g/mol. The smallest absolute Gasteiger partial charge is 0.419 e. The van der Waals surface area contributed by atoms with Gasteiger partial charge in [0.2, 0.25) is 5.88 Å². The summed E-state index contributed by atoms with van der Waals surface area (Å²) in [6, 6.07) is 10.9. The highest BCUT2D eigenvalue weighted by Crippen LogP contribution is 2.38. The summed E-state index contributed by atoms with van der Waals surface area (Å²) < 4.78 is 88.5. The SMILES string of the molecule is CC(Oc1ccc(C(=O)NS(=O)(=O)N2CCC(OC3CCN(C)CC3)CC2)cc1C(F)(F)F)c1ccc(Oc2ccccn2)cn1. The maximum Gasteiger partial charge on any atom is 0.419 e. The summed E-state index contributed by atoms with van der Waals surface area (Å²) in [7, 11) is -2.24. The monoisotopic (exact) mass is 663 g/mol. The molecule has 1 amide bonds. The molecule has 0 radical (unpaired) electrons. The quantitative estimate of drug-likeness (QED) is 0.320. The van der Waals surface area contributed by atoms with Crippen LogP contribution in [0.3, 0.4) is 0 Å². The van der Waals surface area contributed by atoms with Gasteiger partial charge in [-0.3, -0.25) is 9.78 Å². The number of hydrogen-bond acceptors (Lipinski definition) is 9. The van der Waals surface area contributed by atoms with Crippen LogP contribution in [0.15, 0.2) is 60.9 Å².